The van der Waals surface area contributed by atoms with Gasteiger partial charge < -0.3 is 10.2 Å². The minimum Gasteiger partial charge on any atom is -0.444 e. The zero-order valence-corrected chi connectivity index (χ0v) is 11.9. The molecule has 1 aromatic carbocycles. The number of ketones is 1. The molecule has 0 saturated carbocycles. The van der Waals surface area contributed by atoms with E-state index in [1.165, 1.54) is 32.0 Å². The second-order valence-electron chi connectivity index (χ2n) is 4.62. The third-order valence-corrected chi connectivity index (χ3v) is 3.00. The smallest absolute Gasteiger partial charge is 0.258 e. The van der Waals surface area contributed by atoms with Crippen LogP contribution < -0.4 is 11.1 Å². The first-order chi connectivity index (χ1) is 10.3. The fourth-order valence-corrected chi connectivity index (χ4v) is 2.10. The zero-order chi connectivity index (χ0) is 16.4. The number of nitrogens with one attached hydrogen (secondary N) is 1. The summed E-state index contributed by atoms with van der Waals surface area (Å²) in [5.41, 5.74) is 5.10. The lowest BCUT2D eigenvalue weighted by atomic mass is 10.1. The number of nitrogens with two attached hydrogens (primary N) is 1. The van der Waals surface area contributed by atoms with Gasteiger partial charge in [0.15, 0.2) is 5.78 Å². The first-order valence-electron chi connectivity index (χ1n) is 6.32. The summed E-state index contributed by atoms with van der Waals surface area (Å²) in [5.74, 6) is -2.66. The number of primary amides is 1. The molecule has 0 unspecified atom stereocenters. The van der Waals surface area contributed by atoms with Crippen LogP contribution in [0, 0.1) is 12.7 Å². The van der Waals surface area contributed by atoms with Crippen molar-refractivity contribution in [3.8, 4) is 0 Å². The van der Waals surface area contributed by atoms with Crippen molar-refractivity contribution in [2.24, 2.45) is 5.73 Å². The average Bonchev–Trinajstić information content (AvgIpc) is 2.75. The molecule has 7 heteroatoms. The van der Waals surface area contributed by atoms with E-state index in [0.29, 0.717) is 0 Å². The standard InChI is InChI=1S/C15H13FN2O4/c1-7(19)11-8(2)22-15(12(11)13(17)20)18-14(21)9-4-3-5-10(16)6-9/h3-6H,1-2H3,(H2,17,20)(H,18,21). The number of rotatable bonds is 4. The molecule has 0 aliphatic carbocycles. The minimum atomic E-state index is -0.906. The summed E-state index contributed by atoms with van der Waals surface area (Å²) in [5, 5.41) is 2.33. The van der Waals surface area contributed by atoms with E-state index in [1.54, 1.807) is 0 Å². The van der Waals surface area contributed by atoms with Crippen molar-refractivity contribution in [1.82, 2.24) is 0 Å². The molecule has 0 saturated heterocycles. The lowest BCUT2D eigenvalue weighted by molar-refractivity contribution is 0.0974. The molecule has 0 spiro atoms. The predicted octanol–water partition coefficient (Wildman–Crippen LogP) is 2.28. The summed E-state index contributed by atoms with van der Waals surface area (Å²) < 4.78 is 18.4. The number of halogens is 1. The van der Waals surface area contributed by atoms with E-state index in [1.807, 2.05) is 0 Å². The molecule has 114 valence electrons. The highest BCUT2D eigenvalue weighted by Gasteiger charge is 2.26. The van der Waals surface area contributed by atoms with Crippen LogP contribution in [0.15, 0.2) is 28.7 Å². The molecule has 2 amide bonds. The van der Waals surface area contributed by atoms with E-state index in [9.17, 15) is 18.8 Å². The van der Waals surface area contributed by atoms with Gasteiger partial charge in [0, 0.05) is 5.56 Å². The summed E-state index contributed by atoms with van der Waals surface area (Å²) in [6.45, 7) is 2.73. The first-order valence-corrected chi connectivity index (χ1v) is 6.32. The van der Waals surface area contributed by atoms with Crippen LogP contribution in [-0.2, 0) is 0 Å². The molecule has 0 aliphatic rings. The number of Topliss-reactive ketones (excluding diaryl/α,β-unsaturated/α-hetero) is 1. The maximum Gasteiger partial charge on any atom is 0.258 e. The Hall–Kier alpha value is -2.96. The molecular weight excluding hydrogens is 291 g/mol. The van der Waals surface area contributed by atoms with Crippen LogP contribution in [0.25, 0.3) is 0 Å². The Labute approximate surface area is 125 Å². The number of benzene rings is 1. The molecule has 1 heterocycles. The average molecular weight is 304 g/mol. The molecule has 0 fully saturated rings. The molecule has 2 aromatic rings. The second-order valence-corrected chi connectivity index (χ2v) is 4.62. The number of furan rings is 1. The molecule has 3 N–H and O–H groups in total. The van der Waals surface area contributed by atoms with Crippen molar-refractivity contribution in [2.45, 2.75) is 13.8 Å². The fourth-order valence-electron chi connectivity index (χ4n) is 2.10. The maximum absolute atomic E-state index is 13.1. The van der Waals surface area contributed by atoms with E-state index < -0.39 is 23.4 Å². The van der Waals surface area contributed by atoms with Gasteiger partial charge in [0.1, 0.15) is 17.1 Å². The molecular formula is C15H13FN2O4. The van der Waals surface area contributed by atoms with Gasteiger partial charge in [0.2, 0.25) is 5.88 Å². The molecule has 0 bridgehead atoms. The third-order valence-electron chi connectivity index (χ3n) is 3.00. The summed E-state index contributed by atoms with van der Waals surface area (Å²) in [6.07, 6.45) is 0. The normalized spacial score (nSPS) is 10.3. The molecule has 2 rings (SSSR count). The van der Waals surface area contributed by atoms with Crippen LogP contribution >= 0.6 is 0 Å². The van der Waals surface area contributed by atoms with E-state index in [0.717, 1.165) is 6.07 Å². The van der Waals surface area contributed by atoms with Gasteiger partial charge in [-0.05, 0) is 32.0 Å². The van der Waals surface area contributed by atoms with Crippen LogP contribution in [0.2, 0.25) is 0 Å². The molecule has 22 heavy (non-hydrogen) atoms. The number of amides is 2. The van der Waals surface area contributed by atoms with Gasteiger partial charge in [-0.2, -0.15) is 0 Å². The Bertz CT molecular complexity index is 780. The number of carbonyl (C=O) groups excluding carboxylic acids is 3. The summed E-state index contributed by atoms with van der Waals surface area (Å²) >= 11 is 0. The van der Waals surface area contributed by atoms with Crippen LogP contribution in [0.3, 0.4) is 0 Å². The summed E-state index contributed by atoms with van der Waals surface area (Å²) in [7, 11) is 0. The third kappa shape index (κ3) is 2.88. The highest BCUT2D eigenvalue weighted by atomic mass is 19.1. The Morgan fingerprint density at radius 3 is 2.45 bits per heavy atom. The monoisotopic (exact) mass is 304 g/mol. The van der Waals surface area contributed by atoms with Crippen LogP contribution in [0.5, 0.6) is 0 Å². The number of hydrogen-bond acceptors (Lipinski definition) is 4. The van der Waals surface area contributed by atoms with Gasteiger partial charge >= 0.3 is 0 Å². The first kappa shape index (κ1) is 15.4. The largest absolute Gasteiger partial charge is 0.444 e. The van der Waals surface area contributed by atoms with E-state index >= 15 is 0 Å². The molecule has 0 radical (unpaired) electrons. The van der Waals surface area contributed by atoms with E-state index in [2.05, 4.69) is 5.32 Å². The van der Waals surface area contributed by atoms with Crippen molar-refractivity contribution in [3.63, 3.8) is 0 Å². The summed E-state index contributed by atoms with van der Waals surface area (Å²) in [4.78, 5) is 35.2. The Kier molecular flexibility index (Phi) is 4.07. The van der Waals surface area contributed by atoms with Crippen molar-refractivity contribution >= 4 is 23.5 Å². The van der Waals surface area contributed by atoms with Gasteiger partial charge in [-0.15, -0.1) is 0 Å². The van der Waals surface area contributed by atoms with Gasteiger partial charge in [-0.25, -0.2) is 4.39 Å². The van der Waals surface area contributed by atoms with Crippen LogP contribution in [0.1, 0.15) is 43.8 Å². The number of aryl methyl sites for hydroxylation is 1. The van der Waals surface area contributed by atoms with E-state index in [4.69, 9.17) is 10.2 Å². The van der Waals surface area contributed by atoms with Gasteiger partial charge in [-0.3, -0.25) is 19.7 Å². The van der Waals surface area contributed by atoms with Gasteiger partial charge in [0.25, 0.3) is 11.8 Å². The lowest BCUT2D eigenvalue weighted by Crippen LogP contribution is -2.19. The van der Waals surface area contributed by atoms with E-state index in [-0.39, 0.29) is 28.3 Å². The summed E-state index contributed by atoms with van der Waals surface area (Å²) in [6, 6.07) is 4.98. The molecule has 1 aromatic heterocycles. The predicted molar refractivity (Wildman–Crippen MR) is 76.3 cm³/mol. The lowest BCUT2D eigenvalue weighted by Gasteiger charge is -2.04. The van der Waals surface area contributed by atoms with Gasteiger partial charge in [-0.1, -0.05) is 6.07 Å². The van der Waals surface area contributed by atoms with Crippen molar-refractivity contribution in [3.05, 3.63) is 52.5 Å². The molecule has 0 atom stereocenters. The number of carbonyl (C=O) groups is 3. The Morgan fingerprint density at radius 2 is 1.91 bits per heavy atom. The van der Waals surface area contributed by atoms with Crippen molar-refractivity contribution in [1.29, 1.82) is 0 Å². The van der Waals surface area contributed by atoms with Gasteiger partial charge in [0.05, 0.1) is 5.56 Å². The minimum absolute atomic E-state index is 0.0158. The zero-order valence-electron chi connectivity index (χ0n) is 11.9. The second kappa shape index (κ2) is 5.80. The van der Waals surface area contributed by atoms with Crippen molar-refractivity contribution in [2.75, 3.05) is 5.32 Å². The topological polar surface area (TPSA) is 102 Å². The fraction of sp³-hybridized carbons (Fsp3) is 0.133. The van der Waals surface area contributed by atoms with Crippen molar-refractivity contribution < 1.29 is 23.2 Å². The number of hydrogen-bond donors (Lipinski definition) is 2. The Balaban J connectivity index is 2.42. The Morgan fingerprint density at radius 1 is 1.23 bits per heavy atom. The highest BCUT2D eigenvalue weighted by molar-refractivity contribution is 6.13. The quantitative estimate of drug-likeness (QED) is 0.846. The van der Waals surface area contributed by atoms with Crippen LogP contribution in [-0.4, -0.2) is 17.6 Å². The maximum atomic E-state index is 13.1. The SMILES string of the molecule is CC(=O)c1c(C)oc(NC(=O)c2cccc(F)c2)c1C(N)=O. The molecule has 6 nitrogen and oxygen atoms in total. The number of anilines is 1. The molecule has 0 aliphatic heterocycles. The van der Waals surface area contributed by atoms with Crippen LogP contribution in [0.4, 0.5) is 10.3 Å². The highest BCUT2D eigenvalue weighted by Crippen LogP contribution is 2.27.